The van der Waals surface area contributed by atoms with Crippen LogP contribution < -0.4 is 4.74 Å². The van der Waals surface area contributed by atoms with Crippen LogP contribution in [0.3, 0.4) is 0 Å². The molecule has 4 heteroatoms. The summed E-state index contributed by atoms with van der Waals surface area (Å²) < 4.78 is 11.8. The van der Waals surface area contributed by atoms with Crippen LogP contribution in [0.1, 0.15) is 102 Å². The minimum Gasteiger partial charge on any atom is -0.457 e. The zero-order chi connectivity index (χ0) is 27.5. The van der Waals surface area contributed by atoms with E-state index in [1.54, 1.807) is 0 Å². The van der Waals surface area contributed by atoms with E-state index in [1.807, 2.05) is 25.1 Å². The van der Waals surface area contributed by atoms with E-state index in [0.717, 1.165) is 23.2 Å². The maximum absolute atomic E-state index is 12.5. The van der Waals surface area contributed by atoms with Crippen LogP contribution in [0.5, 0.6) is 5.75 Å². The Morgan fingerprint density at radius 3 is 1.87 bits per heavy atom. The average molecular weight is 525 g/mol. The molecule has 2 aromatic carbocycles. The van der Waals surface area contributed by atoms with E-state index < -0.39 is 0 Å². The lowest BCUT2D eigenvalue weighted by Gasteiger charge is -2.31. The second kappa shape index (κ2) is 18.8. The quantitative estimate of drug-likeness (QED) is 0.0709. The van der Waals surface area contributed by atoms with Gasteiger partial charge < -0.3 is 14.0 Å². The average Bonchev–Trinajstić information content (AvgIpc) is 2.90. The van der Waals surface area contributed by atoms with E-state index in [1.165, 1.54) is 88.2 Å². The number of quaternary nitrogens is 1. The molecular formula is C34H54NO3+. The molecule has 0 saturated heterocycles. The number of rotatable bonds is 21. The highest BCUT2D eigenvalue weighted by Crippen LogP contribution is 2.17. The van der Waals surface area contributed by atoms with Crippen molar-refractivity contribution >= 4 is 5.97 Å². The molecule has 0 aliphatic rings. The third-order valence-corrected chi connectivity index (χ3v) is 7.29. The van der Waals surface area contributed by atoms with Crippen molar-refractivity contribution in [3.05, 3.63) is 65.7 Å². The van der Waals surface area contributed by atoms with Gasteiger partial charge in [-0.1, -0.05) is 120 Å². The van der Waals surface area contributed by atoms with Crippen molar-refractivity contribution in [3.63, 3.8) is 0 Å². The number of esters is 1. The number of unbranched alkanes of at least 4 members (excludes halogenated alkanes) is 11. The van der Waals surface area contributed by atoms with Gasteiger partial charge in [-0.3, -0.25) is 4.79 Å². The number of hydrogen-bond acceptors (Lipinski definition) is 3. The summed E-state index contributed by atoms with van der Waals surface area (Å²) in [6.07, 6.45) is 17.6. The van der Waals surface area contributed by atoms with E-state index in [4.69, 9.17) is 9.47 Å². The van der Waals surface area contributed by atoms with Crippen molar-refractivity contribution in [1.82, 2.24) is 0 Å². The molecule has 0 bridgehead atoms. The Bertz CT molecular complexity index is 863. The van der Waals surface area contributed by atoms with E-state index in [-0.39, 0.29) is 18.7 Å². The number of aryl methyl sites for hydroxylation is 1. The van der Waals surface area contributed by atoms with E-state index >= 15 is 0 Å². The van der Waals surface area contributed by atoms with Gasteiger partial charge in [0.2, 0.25) is 6.79 Å². The Labute approximate surface area is 233 Å². The van der Waals surface area contributed by atoms with Gasteiger partial charge in [0.1, 0.15) is 18.2 Å². The normalized spacial score (nSPS) is 12.3. The number of benzene rings is 2. The van der Waals surface area contributed by atoms with Gasteiger partial charge in [-0.25, -0.2) is 0 Å². The molecule has 212 valence electrons. The fourth-order valence-corrected chi connectivity index (χ4v) is 5.18. The van der Waals surface area contributed by atoms with Gasteiger partial charge in [-0.15, -0.1) is 0 Å². The number of hydrogen-bond donors (Lipinski definition) is 0. The third-order valence-electron chi connectivity index (χ3n) is 7.29. The molecule has 0 aliphatic carbocycles. The molecule has 38 heavy (non-hydrogen) atoms. The molecule has 0 spiro atoms. The number of nitrogens with zero attached hydrogens (tertiary/aromatic N) is 1. The summed E-state index contributed by atoms with van der Waals surface area (Å²) in [4.78, 5) is 12.5. The van der Waals surface area contributed by atoms with Gasteiger partial charge >= 0.3 is 5.97 Å². The van der Waals surface area contributed by atoms with Crippen molar-refractivity contribution in [3.8, 4) is 5.75 Å². The summed E-state index contributed by atoms with van der Waals surface area (Å²) >= 11 is 0. The molecule has 2 rings (SSSR count). The first-order valence-corrected chi connectivity index (χ1v) is 15.1. The Hall–Kier alpha value is -2.33. The summed E-state index contributed by atoms with van der Waals surface area (Å²) in [6.45, 7) is 5.75. The standard InChI is InChI=1S/C34H54NO3/c1-5-6-7-8-9-10-11-12-13-14-15-17-20-31-23-25-33(26-24-31)37-29-38-34(36)30(2)27-35(3,4)28-32-21-18-16-19-22-32/h16,18-19,21-26,30H,5-15,17,20,27-29H2,1-4H3/q+1. The lowest BCUT2D eigenvalue weighted by Crippen LogP contribution is -2.44. The summed E-state index contributed by atoms with van der Waals surface area (Å²) in [7, 11) is 4.29. The van der Waals surface area contributed by atoms with Crippen molar-refractivity contribution in [2.75, 3.05) is 27.4 Å². The van der Waals surface area contributed by atoms with Crippen LogP contribution in [-0.2, 0) is 22.5 Å². The molecule has 0 aromatic heterocycles. The Morgan fingerprint density at radius 1 is 0.737 bits per heavy atom. The lowest BCUT2D eigenvalue weighted by atomic mass is 10.0. The van der Waals surface area contributed by atoms with E-state index in [9.17, 15) is 4.79 Å². The van der Waals surface area contributed by atoms with Crippen LogP contribution in [0.15, 0.2) is 54.6 Å². The minimum atomic E-state index is -0.215. The van der Waals surface area contributed by atoms with Gasteiger partial charge in [0.05, 0.1) is 20.6 Å². The first kappa shape index (κ1) is 31.9. The maximum Gasteiger partial charge on any atom is 0.317 e. The Morgan fingerprint density at radius 2 is 1.29 bits per heavy atom. The highest BCUT2D eigenvalue weighted by Gasteiger charge is 2.25. The smallest absolute Gasteiger partial charge is 0.317 e. The molecule has 1 unspecified atom stereocenters. The molecule has 0 heterocycles. The molecule has 0 amide bonds. The zero-order valence-electron chi connectivity index (χ0n) is 24.8. The molecule has 0 saturated carbocycles. The summed E-state index contributed by atoms with van der Waals surface area (Å²) in [5.41, 5.74) is 2.61. The SMILES string of the molecule is CCCCCCCCCCCCCCc1ccc(OCOC(=O)C(C)C[N+](C)(C)Cc2ccccc2)cc1. The van der Waals surface area contributed by atoms with E-state index in [0.29, 0.717) is 6.54 Å². The maximum atomic E-state index is 12.5. The van der Waals surface area contributed by atoms with Gasteiger partial charge in [0.15, 0.2) is 0 Å². The van der Waals surface area contributed by atoms with Crippen LogP contribution in [-0.4, -0.2) is 37.9 Å². The van der Waals surface area contributed by atoms with Gasteiger partial charge in [-0.2, -0.15) is 0 Å². The second-order valence-electron chi connectivity index (χ2n) is 11.7. The molecule has 0 N–H and O–H groups in total. The number of carbonyl (C=O) groups is 1. The molecule has 4 nitrogen and oxygen atoms in total. The van der Waals surface area contributed by atoms with Crippen LogP contribution in [0.25, 0.3) is 0 Å². The van der Waals surface area contributed by atoms with Crippen LogP contribution in [0, 0.1) is 5.92 Å². The first-order valence-electron chi connectivity index (χ1n) is 15.1. The summed E-state index contributed by atoms with van der Waals surface area (Å²) in [5, 5.41) is 0. The van der Waals surface area contributed by atoms with Crippen LogP contribution >= 0.6 is 0 Å². The molecule has 0 radical (unpaired) electrons. The zero-order valence-corrected chi connectivity index (χ0v) is 24.8. The van der Waals surface area contributed by atoms with Gasteiger partial charge in [0, 0.05) is 5.56 Å². The van der Waals surface area contributed by atoms with Crippen molar-refractivity contribution in [2.45, 2.75) is 104 Å². The minimum absolute atomic E-state index is 0.0482. The fraction of sp³-hybridized carbons (Fsp3) is 0.618. The molecule has 1 atom stereocenters. The third kappa shape index (κ3) is 14.6. The Balaban J connectivity index is 1.53. The van der Waals surface area contributed by atoms with E-state index in [2.05, 4.69) is 57.4 Å². The van der Waals surface area contributed by atoms with Crippen LogP contribution in [0.2, 0.25) is 0 Å². The van der Waals surface area contributed by atoms with Crippen molar-refractivity contribution in [2.24, 2.45) is 5.92 Å². The lowest BCUT2D eigenvalue weighted by molar-refractivity contribution is -0.905. The number of ether oxygens (including phenoxy) is 2. The van der Waals surface area contributed by atoms with Gasteiger partial charge in [-0.05, 0) is 37.5 Å². The predicted molar refractivity (Wildman–Crippen MR) is 159 cm³/mol. The highest BCUT2D eigenvalue weighted by molar-refractivity contribution is 5.72. The summed E-state index contributed by atoms with van der Waals surface area (Å²) in [5.74, 6) is 0.326. The molecular weight excluding hydrogens is 470 g/mol. The molecule has 0 fully saturated rings. The number of carbonyl (C=O) groups excluding carboxylic acids is 1. The van der Waals surface area contributed by atoms with Crippen LogP contribution in [0.4, 0.5) is 0 Å². The predicted octanol–water partition coefficient (Wildman–Crippen LogP) is 8.72. The topological polar surface area (TPSA) is 35.5 Å². The van der Waals surface area contributed by atoms with Gasteiger partial charge in [0.25, 0.3) is 0 Å². The highest BCUT2D eigenvalue weighted by atomic mass is 16.7. The fourth-order valence-electron chi connectivity index (χ4n) is 5.18. The molecule has 0 aliphatic heterocycles. The summed E-state index contributed by atoms with van der Waals surface area (Å²) in [6, 6.07) is 18.6. The monoisotopic (exact) mass is 524 g/mol. The Kier molecular flexibility index (Phi) is 15.8. The van der Waals surface area contributed by atoms with Crippen molar-refractivity contribution < 1.29 is 18.8 Å². The second-order valence-corrected chi connectivity index (χ2v) is 11.7. The van der Waals surface area contributed by atoms with Crippen molar-refractivity contribution in [1.29, 1.82) is 0 Å². The molecule has 2 aromatic rings. The first-order chi connectivity index (χ1) is 18.4. The largest absolute Gasteiger partial charge is 0.457 e.